The van der Waals surface area contributed by atoms with Crippen molar-refractivity contribution in [2.45, 2.75) is 25.8 Å². The van der Waals surface area contributed by atoms with Gasteiger partial charge in [-0.05, 0) is 48.9 Å². The van der Waals surface area contributed by atoms with E-state index in [1.165, 1.54) is 12.1 Å². The van der Waals surface area contributed by atoms with Crippen LogP contribution >= 0.6 is 0 Å². The summed E-state index contributed by atoms with van der Waals surface area (Å²) >= 11 is 0. The molecule has 1 N–H and O–H groups in total. The van der Waals surface area contributed by atoms with Crippen molar-refractivity contribution in [3.05, 3.63) is 41.6 Å². The van der Waals surface area contributed by atoms with Crippen LogP contribution in [0.3, 0.4) is 0 Å². The molecule has 2 heterocycles. The summed E-state index contributed by atoms with van der Waals surface area (Å²) in [4.78, 5) is 0. The van der Waals surface area contributed by atoms with E-state index in [9.17, 15) is 8.78 Å². The molecular weight excluding hydrogens is 272 g/mol. The second-order valence-corrected chi connectivity index (χ2v) is 6.41. The van der Waals surface area contributed by atoms with Crippen LogP contribution in [-0.4, -0.2) is 22.9 Å². The molecule has 1 aliphatic carbocycles. The monoisotopic (exact) mass is 289 g/mol. The highest BCUT2D eigenvalue weighted by atomic mass is 19.1. The van der Waals surface area contributed by atoms with Crippen molar-refractivity contribution >= 4 is 0 Å². The lowest BCUT2D eigenvalue weighted by Gasteiger charge is -2.54. The van der Waals surface area contributed by atoms with Crippen LogP contribution in [0.1, 0.15) is 24.4 Å². The van der Waals surface area contributed by atoms with E-state index >= 15 is 0 Å². The van der Waals surface area contributed by atoms with Gasteiger partial charge in [0.15, 0.2) is 0 Å². The predicted octanol–water partition coefficient (Wildman–Crippen LogP) is 3.06. The van der Waals surface area contributed by atoms with E-state index < -0.39 is 11.6 Å². The molecule has 1 saturated heterocycles. The topological polar surface area (TPSA) is 29.9 Å². The van der Waals surface area contributed by atoms with E-state index in [1.54, 1.807) is 6.20 Å². The van der Waals surface area contributed by atoms with Crippen LogP contribution < -0.4 is 5.32 Å². The van der Waals surface area contributed by atoms with Gasteiger partial charge in [-0.3, -0.25) is 4.68 Å². The van der Waals surface area contributed by atoms with Gasteiger partial charge in [-0.1, -0.05) is 0 Å². The fourth-order valence-corrected chi connectivity index (χ4v) is 3.62. The lowest BCUT2D eigenvalue weighted by molar-refractivity contribution is 0.00308. The van der Waals surface area contributed by atoms with Gasteiger partial charge in [0, 0.05) is 18.7 Å². The number of nitrogens with one attached hydrogen (secondary N) is 1. The number of aryl methyl sites for hydroxylation is 1. The normalized spacial score (nSPS) is 20.3. The molecule has 5 heteroatoms. The van der Waals surface area contributed by atoms with Crippen LogP contribution in [0.5, 0.6) is 0 Å². The van der Waals surface area contributed by atoms with Crippen molar-refractivity contribution in [1.82, 2.24) is 15.1 Å². The Balaban J connectivity index is 1.72. The van der Waals surface area contributed by atoms with Gasteiger partial charge < -0.3 is 5.32 Å². The first-order valence-corrected chi connectivity index (χ1v) is 7.28. The molecule has 0 bridgehead atoms. The number of aromatic nitrogens is 2. The summed E-state index contributed by atoms with van der Waals surface area (Å²) in [6.07, 6.45) is 3.86. The van der Waals surface area contributed by atoms with E-state index in [-0.39, 0.29) is 0 Å². The number of hydrogen-bond acceptors (Lipinski definition) is 2. The van der Waals surface area contributed by atoms with Crippen molar-refractivity contribution in [2.75, 3.05) is 13.1 Å². The molecule has 1 saturated carbocycles. The average molecular weight is 289 g/mol. The number of nitrogens with zero attached hydrogens (tertiary/aromatic N) is 2. The highest BCUT2D eigenvalue weighted by molar-refractivity contribution is 5.64. The first-order valence-electron chi connectivity index (χ1n) is 7.28. The lowest BCUT2D eigenvalue weighted by Crippen LogP contribution is -2.60. The summed E-state index contributed by atoms with van der Waals surface area (Å²) in [6.45, 7) is 4.02. The Morgan fingerprint density at radius 1 is 1.29 bits per heavy atom. The minimum atomic E-state index is -0.424. The zero-order valence-corrected chi connectivity index (χ0v) is 11.9. The Hall–Kier alpha value is -1.75. The van der Waals surface area contributed by atoms with Gasteiger partial charge in [-0.25, -0.2) is 8.78 Å². The quantitative estimate of drug-likeness (QED) is 0.921. The molecule has 3 nitrogen and oxygen atoms in total. The molecule has 1 aliphatic heterocycles. The molecule has 0 unspecified atom stereocenters. The standard InChI is InChI=1S/C16H17F2N3/c1-10-7-20-21(12-5-16(6-12)8-19-9-16)15(10)13-4-11(17)2-3-14(13)18/h2-4,7,12,19H,5-6,8-9H2,1H3. The van der Waals surface area contributed by atoms with Crippen molar-refractivity contribution in [3.63, 3.8) is 0 Å². The lowest BCUT2D eigenvalue weighted by atomic mass is 9.61. The summed E-state index contributed by atoms with van der Waals surface area (Å²) in [5.74, 6) is -0.826. The van der Waals surface area contributed by atoms with Crippen molar-refractivity contribution in [1.29, 1.82) is 0 Å². The minimum absolute atomic E-state index is 0.290. The van der Waals surface area contributed by atoms with Gasteiger partial charge >= 0.3 is 0 Å². The number of rotatable bonds is 2. The molecule has 0 amide bonds. The third kappa shape index (κ3) is 1.91. The van der Waals surface area contributed by atoms with E-state index in [1.807, 2.05) is 11.6 Å². The van der Waals surface area contributed by atoms with E-state index in [4.69, 9.17) is 0 Å². The number of hydrogen-bond donors (Lipinski definition) is 1. The van der Waals surface area contributed by atoms with Crippen LogP contribution in [0.15, 0.2) is 24.4 Å². The Labute approximate surface area is 122 Å². The molecule has 2 aliphatic rings. The molecule has 2 fully saturated rings. The first kappa shape index (κ1) is 13.0. The van der Waals surface area contributed by atoms with Gasteiger partial charge in [0.2, 0.25) is 0 Å². The van der Waals surface area contributed by atoms with Gasteiger partial charge in [-0.15, -0.1) is 0 Å². The fraction of sp³-hybridized carbons (Fsp3) is 0.438. The summed E-state index contributed by atoms with van der Waals surface area (Å²) < 4.78 is 29.5. The molecule has 0 atom stereocenters. The summed E-state index contributed by atoms with van der Waals surface area (Å²) in [5.41, 5.74) is 2.31. The highest BCUT2D eigenvalue weighted by Gasteiger charge is 2.49. The van der Waals surface area contributed by atoms with E-state index in [0.717, 1.165) is 37.6 Å². The summed E-state index contributed by atoms with van der Waals surface area (Å²) in [6, 6.07) is 3.88. The zero-order valence-electron chi connectivity index (χ0n) is 11.9. The van der Waals surface area contributed by atoms with Crippen LogP contribution in [0.2, 0.25) is 0 Å². The Morgan fingerprint density at radius 2 is 2.05 bits per heavy atom. The Morgan fingerprint density at radius 3 is 2.71 bits per heavy atom. The maximum Gasteiger partial charge on any atom is 0.132 e. The van der Waals surface area contributed by atoms with Gasteiger partial charge in [0.1, 0.15) is 11.6 Å². The van der Waals surface area contributed by atoms with E-state index in [2.05, 4.69) is 10.4 Å². The summed E-state index contributed by atoms with van der Waals surface area (Å²) in [7, 11) is 0. The largest absolute Gasteiger partial charge is 0.316 e. The molecule has 110 valence electrons. The molecule has 1 spiro atoms. The second kappa shape index (κ2) is 4.37. The smallest absolute Gasteiger partial charge is 0.132 e. The maximum atomic E-state index is 14.1. The van der Waals surface area contributed by atoms with Gasteiger partial charge in [0.05, 0.1) is 17.9 Å². The molecule has 1 aromatic carbocycles. The van der Waals surface area contributed by atoms with Crippen molar-refractivity contribution in [2.24, 2.45) is 5.41 Å². The predicted molar refractivity (Wildman–Crippen MR) is 75.9 cm³/mol. The molecule has 1 aromatic heterocycles. The van der Waals surface area contributed by atoms with Gasteiger partial charge in [-0.2, -0.15) is 5.10 Å². The third-order valence-corrected chi connectivity index (χ3v) is 4.85. The maximum absolute atomic E-state index is 14.1. The molecule has 4 rings (SSSR count). The van der Waals surface area contributed by atoms with Crippen molar-refractivity contribution in [3.8, 4) is 11.3 Å². The number of halogens is 2. The fourth-order valence-electron chi connectivity index (χ4n) is 3.62. The van der Waals surface area contributed by atoms with Crippen LogP contribution in [0.25, 0.3) is 11.3 Å². The minimum Gasteiger partial charge on any atom is -0.316 e. The SMILES string of the molecule is Cc1cnn(C2CC3(CNC3)C2)c1-c1cc(F)ccc1F. The average Bonchev–Trinajstić information content (AvgIpc) is 2.71. The molecule has 0 radical (unpaired) electrons. The van der Waals surface area contributed by atoms with E-state index in [0.29, 0.717) is 22.7 Å². The number of benzene rings is 1. The third-order valence-electron chi connectivity index (χ3n) is 4.85. The van der Waals surface area contributed by atoms with Crippen LogP contribution in [-0.2, 0) is 0 Å². The second-order valence-electron chi connectivity index (χ2n) is 6.41. The molecular formula is C16H17F2N3. The Kier molecular flexibility index (Phi) is 2.70. The first-order chi connectivity index (χ1) is 10.1. The van der Waals surface area contributed by atoms with Gasteiger partial charge in [0.25, 0.3) is 0 Å². The highest BCUT2D eigenvalue weighted by Crippen LogP contribution is 2.51. The Bertz CT molecular complexity index is 696. The summed E-state index contributed by atoms with van der Waals surface area (Å²) in [5, 5.41) is 7.72. The van der Waals surface area contributed by atoms with Crippen LogP contribution in [0.4, 0.5) is 8.78 Å². The molecule has 2 aromatic rings. The zero-order chi connectivity index (χ0) is 14.6. The van der Waals surface area contributed by atoms with Crippen LogP contribution in [0, 0.1) is 24.0 Å². The molecule has 21 heavy (non-hydrogen) atoms. The van der Waals surface area contributed by atoms with Crippen molar-refractivity contribution < 1.29 is 8.78 Å².